The fraction of sp³-hybridized carbons (Fsp3) is 0.0769. The highest BCUT2D eigenvalue weighted by Crippen LogP contribution is 2.26. The minimum Gasteiger partial charge on any atom is -0.378 e. The van der Waals surface area contributed by atoms with Gasteiger partial charge in [-0.3, -0.25) is 10.1 Å². The lowest BCUT2D eigenvalue weighted by atomic mass is 10.2. The average Bonchev–Trinajstić information content (AvgIpc) is 2.42. The second kappa shape index (κ2) is 6.01. The van der Waals surface area contributed by atoms with E-state index in [1.165, 1.54) is 18.2 Å². The Morgan fingerprint density at radius 2 is 1.90 bits per heavy atom. The minimum absolute atomic E-state index is 0.0354. The van der Waals surface area contributed by atoms with Crippen LogP contribution in [0.5, 0.6) is 0 Å². The van der Waals surface area contributed by atoms with Gasteiger partial charge in [-0.1, -0.05) is 17.7 Å². The first kappa shape index (κ1) is 15.1. The van der Waals surface area contributed by atoms with Gasteiger partial charge in [0.15, 0.2) is 11.6 Å². The summed E-state index contributed by atoms with van der Waals surface area (Å²) in [5.41, 5.74) is -0.262. The van der Waals surface area contributed by atoms with Gasteiger partial charge in [0.05, 0.1) is 10.6 Å². The number of nitrogens with zero attached hydrogens (tertiary/aromatic N) is 1. The molecular formula is C13H8ClF3N2O2. The van der Waals surface area contributed by atoms with Gasteiger partial charge < -0.3 is 5.32 Å². The van der Waals surface area contributed by atoms with Gasteiger partial charge >= 0.3 is 0 Å². The lowest BCUT2D eigenvalue weighted by Gasteiger charge is -2.08. The van der Waals surface area contributed by atoms with Gasteiger partial charge in [-0.05, 0) is 11.6 Å². The SMILES string of the molecule is O=[N+]([O-])c1cc(CNc2cc(F)cc(F)c2F)ccc1Cl. The molecule has 2 aromatic rings. The van der Waals surface area contributed by atoms with Gasteiger partial charge in [0.25, 0.3) is 5.69 Å². The molecule has 0 radical (unpaired) electrons. The van der Waals surface area contributed by atoms with Crippen molar-refractivity contribution in [3.8, 4) is 0 Å². The number of nitro benzene ring substituents is 1. The van der Waals surface area contributed by atoms with Crippen molar-refractivity contribution < 1.29 is 18.1 Å². The molecule has 4 nitrogen and oxygen atoms in total. The largest absolute Gasteiger partial charge is 0.378 e. The highest BCUT2D eigenvalue weighted by molar-refractivity contribution is 6.32. The third-order valence-corrected chi connectivity index (χ3v) is 3.00. The van der Waals surface area contributed by atoms with Crippen LogP contribution in [0.1, 0.15) is 5.56 Å². The van der Waals surface area contributed by atoms with Crippen LogP contribution in [0.2, 0.25) is 5.02 Å². The van der Waals surface area contributed by atoms with Crippen molar-refractivity contribution in [3.05, 3.63) is 68.5 Å². The molecule has 0 aliphatic heterocycles. The molecule has 0 bridgehead atoms. The summed E-state index contributed by atoms with van der Waals surface area (Å²) < 4.78 is 39.5. The van der Waals surface area contributed by atoms with Crippen LogP contribution in [0.4, 0.5) is 24.5 Å². The van der Waals surface area contributed by atoms with E-state index < -0.39 is 22.4 Å². The van der Waals surface area contributed by atoms with Crippen LogP contribution in [-0.2, 0) is 6.54 Å². The molecule has 21 heavy (non-hydrogen) atoms. The second-order valence-corrected chi connectivity index (χ2v) is 4.55. The van der Waals surface area contributed by atoms with Gasteiger partial charge in [0, 0.05) is 24.7 Å². The van der Waals surface area contributed by atoms with Crippen molar-refractivity contribution in [1.29, 1.82) is 0 Å². The maximum absolute atomic E-state index is 13.4. The van der Waals surface area contributed by atoms with E-state index in [-0.39, 0.29) is 22.9 Å². The first-order valence-electron chi connectivity index (χ1n) is 5.69. The summed E-state index contributed by atoms with van der Waals surface area (Å²) in [6.07, 6.45) is 0. The number of nitro groups is 1. The smallest absolute Gasteiger partial charge is 0.288 e. The molecule has 0 amide bonds. The van der Waals surface area contributed by atoms with Crippen molar-refractivity contribution in [2.45, 2.75) is 6.54 Å². The molecule has 0 saturated heterocycles. The van der Waals surface area contributed by atoms with E-state index in [1.807, 2.05) is 0 Å². The number of halogens is 4. The molecular weight excluding hydrogens is 309 g/mol. The van der Waals surface area contributed by atoms with E-state index in [9.17, 15) is 23.3 Å². The van der Waals surface area contributed by atoms with Crippen LogP contribution in [-0.4, -0.2) is 4.92 Å². The number of rotatable bonds is 4. The van der Waals surface area contributed by atoms with Crippen LogP contribution in [0.25, 0.3) is 0 Å². The number of hydrogen-bond donors (Lipinski definition) is 1. The topological polar surface area (TPSA) is 55.2 Å². The Hall–Kier alpha value is -2.28. The lowest BCUT2D eigenvalue weighted by Crippen LogP contribution is -2.04. The van der Waals surface area contributed by atoms with Crippen molar-refractivity contribution in [2.24, 2.45) is 0 Å². The van der Waals surface area contributed by atoms with Gasteiger partial charge in [-0.2, -0.15) is 0 Å². The zero-order chi connectivity index (χ0) is 15.6. The molecule has 0 aliphatic rings. The van der Waals surface area contributed by atoms with Crippen molar-refractivity contribution in [2.75, 3.05) is 5.32 Å². The molecule has 0 unspecified atom stereocenters. The summed E-state index contributed by atoms with van der Waals surface area (Å²) in [5, 5.41) is 13.2. The quantitative estimate of drug-likeness (QED) is 0.520. The number of nitrogens with one attached hydrogen (secondary N) is 1. The Balaban J connectivity index is 2.21. The Kier molecular flexibility index (Phi) is 4.32. The summed E-state index contributed by atoms with van der Waals surface area (Å²) in [6.45, 7) is -0.0577. The summed E-state index contributed by atoms with van der Waals surface area (Å²) >= 11 is 5.65. The summed E-state index contributed by atoms with van der Waals surface area (Å²) in [6, 6.07) is 5.22. The predicted octanol–water partition coefficient (Wildman–Crippen LogP) is 4.28. The van der Waals surface area contributed by atoms with Gasteiger partial charge in [0.1, 0.15) is 10.8 Å². The maximum Gasteiger partial charge on any atom is 0.288 e. The predicted molar refractivity (Wildman–Crippen MR) is 71.7 cm³/mol. The first-order chi connectivity index (χ1) is 9.88. The van der Waals surface area contributed by atoms with Crippen LogP contribution in [0.3, 0.4) is 0 Å². The Morgan fingerprint density at radius 3 is 2.57 bits per heavy atom. The Labute approximate surface area is 122 Å². The lowest BCUT2D eigenvalue weighted by molar-refractivity contribution is -0.384. The van der Waals surface area contributed by atoms with Crippen LogP contribution in [0.15, 0.2) is 30.3 Å². The molecule has 0 atom stereocenters. The van der Waals surface area contributed by atoms with E-state index in [1.54, 1.807) is 0 Å². The maximum atomic E-state index is 13.4. The molecule has 0 aliphatic carbocycles. The van der Waals surface area contributed by atoms with Crippen molar-refractivity contribution in [3.63, 3.8) is 0 Å². The molecule has 8 heteroatoms. The zero-order valence-electron chi connectivity index (χ0n) is 10.4. The molecule has 0 fully saturated rings. The molecule has 2 rings (SSSR count). The van der Waals surface area contributed by atoms with Crippen molar-refractivity contribution >= 4 is 23.0 Å². The van der Waals surface area contributed by atoms with E-state index in [4.69, 9.17) is 11.6 Å². The Bertz CT molecular complexity index is 710. The minimum atomic E-state index is -1.32. The van der Waals surface area contributed by atoms with Gasteiger partial charge in [-0.25, -0.2) is 13.2 Å². The Morgan fingerprint density at radius 1 is 1.19 bits per heavy atom. The molecule has 2 aromatic carbocycles. The molecule has 0 spiro atoms. The molecule has 0 heterocycles. The molecule has 110 valence electrons. The molecule has 0 aromatic heterocycles. The van der Waals surface area contributed by atoms with E-state index in [2.05, 4.69) is 5.32 Å². The third-order valence-electron chi connectivity index (χ3n) is 2.68. The highest BCUT2D eigenvalue weighted by atomic mass is 35.5. The van der Waals surface area contributed by atoms with E-state index >= 15 is 0 Å². The van der Waals surface area contributed by atoms with E-state index in [0.29, 0.717) is 11.6 Å². The highest BCUT2D eigenvalue weighted by Gasteiger charge is 2.14. The summed E-state index contributed by atoms with van der Waals surface area (Å²) in [5.74, 6) is -3.47. The van der Waals surface area contributed by atoms with Crippen LogP contribution >= 0.6 is 11.6 Å². The van der Waals surface area contributed by atoms with Gasteiger partial charge in [-0.15, -0.1) is 0 Å². The van der Waals surface area contributed by atoms with Gasteiger partial charge in [0.2, 0.25) is 0 Å². The summed E-state index contributed by atoms with van der Waals surface area (Å²) in [7, 11) is 0. The molecule has 0 saturated carbocycles. The summed E-state index contributed by atoms with van der Waals surface area (Å²) in [4.78, 5) is 10.1. The van der Waals surface area contributed by atoms with E-state index in [0.717, 1.165) is 6.07 Å². The number of hydrogen-bond acceptors (Lipinski definition) is 3. The normalized spacial score (nSPS) is 10.5. The first-order valence-corrected chi connectivity index (χ1v) is 6.07. The fourth-order valence-corrected chi connectivity index (χ4v) is 1.88. The van der Waals surface area contributed by atoms with Crippen molar-refractivity contribution in [1.82, 2.24) is 0 Å². The van der Waals surface area contributed by atoms with Crippen LogP contribution < -0.4 is 5.32 Å². The average molecular weight is 317 g/mol. The number of anilines is 1. The zero-order valence-corrected chi connectivity index (χ0v) is 11.1. The molecule has 1 N–H and O–H groups in total. The third kappa shape index (κ3) is 3.43. The number of benzene rings is 2. The monoisotopic (exact) mass is 316 g/mol. The standard InChI is InChI=1S/C13H8ClF3N2O2/c14-9-2-1-7(3-12(9)19(20)21)6-18-11-5-8(15)4-10(16)13(11)17/h1-5,18H,6H2. The van der Waals surface area contributed by atoms with Crippen LogP contribution in [0, 0.1) is 27.6 Å². The second-order valence-electron chi connectivity index (χ2n) is 4.15. The fourth-order valence-electron chi connectivity index (χ4n) is 1.69.